The lowest BCUT2D eigenvalue weighted by atomic mass is 9.98. The average Bonchev–Trinajstić information content (AvgIpc) is 2.25. The third-order valence-corrected chi connectivity index (χ3v) is 3.92. The molecule has 0 bridgehead atoms. The van der Waals surface area contributed by atoms with Crippen molar-refractivity contribution in [1.82, 2.24) is 4.90 Å². The Labute approximate surface area is 92.1 Å². The number of hydrogen-bond donors (Lipinski definition) is 1. The van der Waals surface area contributed by atoms with Gasteiger partial charge in [0, 0.05) is 6.61 Å². The molecule has 0 saturated carbocycles. The number of aliphatic hydroxyl groups is 1. The van der Waals surface area contributed by atoms with Crippen LogP contribution in [0.25, 0.3) is 0 Å². The summed E-state index contributed by atoms with van der Waals surface area (Å²) in [4.78, 5) is 2.54. The maximum Gasteiger partial charge on any atom is 0.0460 e. The smallest absolute Gasteiger partial charge is 0.0460 e. The molecule has 1 aliphatic heterocycles. The Kier molecular flexibility index (Phi) is 6.65. The van der Waals surface area contributed by atoms with E-state index in [0.29, 0.717) is 12.5 Å². The normalized spacial score (nSPS) is 20.1. The molecule has 1 N–H and O–H groups in total. The second-order valence-electron chi connectivity index (χ2n) is 4.02. The van der Waals surface area contributed by atoms with Crippen molar-refractivity contribution in [2.24, 2.45) is 5.92 Å². The van der Waals surface area contributed by atoms with Crippen LogP contribution >= 0.6 is 11.8 Å². The van der Waals surface area contributed by atoms with Gasteiger partial charge < -0.3 is 10.0 Å². The van der Waals surface area contributed by atoms with Gasteiger partial charge in [-0.3, -0.25) is 0 Å². The van der Waals surface area contributed by atoms with Crippen molar-refractivity contribution in [2.45, 2.75) is 26.2 Å². The molecule has 0 aromatic heterocycles. The minimum atomic E-state index is 0.388. The molecule has 1 saturated heterocycles. The summed E-state index contributed by atoms with van der Waals surface area (Å²) in [6.07, 6.45) is 3.71. The molecule has 1 rings (SSSR count). The van der Waals surface area contributed by atoms with Gasteiger partial charge >= 0.3 is 0 Å². The molecule has 14 heavy (non-hydrogen) atoms. The van der Waals surface area contributed by atoms with Gasteiger partial charge in [0.25, 0.3) is 0 Å². The van der Waals surface area contributed by atoms with E-state index in [0.717, 1.165) is 0 Å². The van der Waals surface area contributed by atoms with Gasteiger partial charge in [-0.1, -0.05) is 6.92 Å². The molecule has 0 spiro atoms. The summed E-state index contributed by atoms with van der Waals surface area (Å²) >= 11 is 2.04. The van der Waals surface area contributed by atoms with Crippen molar-refractivity contribution in [2.75, 3.05) is 37.7 Å². The van der Waals surface area contributed by atoms with E-state index in [-0.39, 0.29) is 0 Å². The summed E-state index contributed by atoms with van der Waals surface area (Å²) in [7, 11) is 0. The first-order valence-corrected chi connectivity index (χ1v) is 6.93. The van der Waals surface area contributed by atoms with E-state index in [1.54, 1.807) is 0 Å². The van der Waals surface area contributed by atoms with Gasteiger partial charge in [-0.2, -0.15) is 11.8 Å². The quantitative estimate of drug-likeness (QED) is 0.687. The number of likely N-dealkylation sites (tertiary alicyclic amines) is 1. The molecule has 2 nitrogen and oxygen atoms in total. The molecule has 0 aromatic carbocycles. The van der Waals surface area contributed by atoms with Crippen molar-refractivity contribution in [1.29, 1.82) is 0 Å². The molecule has 1 fully saturated rings. The average molecular weight is 217 g/mol. The van der Waals surface area contributed by atoms with E-state index in [1.165, 1.54) is 50.4 Å². The first-order valence-electron chi connectivity index (χ1n) is 5.77. The molecule has 0 atom stereocenters. The van der Waals surface area contributed by atoms with Gasteiger partial charge in [0.2, 0.25) is 0 Å². The van der Waals surface area contributed by atoms with Gasteiger partial charge in [0.15, 0.2) is 0 Å². The first kappa shape index (κ1) is 12.3. The van der Waals surface area contributed by atoms with E-state index < -0.39 is 0 Å². The first-order chi connectivity index (χ1) is 6.86. The molecular formula is C11H23NOS. The second kappa shape index (κ2) is 7.55. The predicted molar refractivity (Wildman–Crippen MR) is 63.9 cm³/mol. The number of hydrogen-bond acceptors (Lipinski definition) is 3. The highest BCUT2D eigenvalue weighted by molar-refractivity contribution is 7.99. The number of aliphatic hydroxyl groups excluding tert-OH is 1. The van der Waals surface area contributed by atoms with Gasteiger partial charge in [-0.15, -0.1) is 0 Å². The van der Waals surface area contributed by atoms with Crippen molar-refractivity contribution in [3.63, 3.8) is 0 Å². The summed E-state index contributed by atoms with van der Waals surface area (Å²) in [6.45, 7) is 6.26. The fraction of sp³-hybridized carbons (Fsp3) is 1.00. The van der Waals surface area contributed by atoms with Crippen LogP contribution in [0.1, 0.15) is 26.2 Å². The largest absolute Gasteiger partial charge is 0.396 e. The summed E-state index contributed by atoms with van der Waals surface area (Å²) < 4.78 is 0. The fourth-order valence-corrected chi connectivity index (χ4v) is 2.55. The van der Waals surface area contributed by atoms with Crippen LogP contribution in [0.2, 0.25) is 0 Å². The lowest BCUT2D eigenvalue weighted by molar-refractivity contribution is 0.132. The maximum absolute atomic E-state index is 9.00. The van der Waals surface area contributed by atoms with Crippen molar-refractivity contribution >= 4 is 11.8 Å². The van der Waals surface area contributed by atoms with Crippen molar-refractivity contribution in [3.05, 3.63) is 0 Å². The molecule has 0 aliphatic carbocycles. The Hall–Kier alpha value is 0.270. The van der Waals surface area contributed by atoms with E-state index in [9.17, 15) is 0 Å². The van der Waals surface area contributed by atoms with Crippen LogP contribution in [0.15, 0.2) is 0 Å². The summed E-state index contributed by atoms with van der Waals surface area (Å²) in [6, 6.07) is 0. The fourth-order valence-electron chi connectivity index (χ4n) is 1.93. The number of rotatable bonds is 6. The molecule has 84 valence electrons. The molecule has 0 aromatic rings. The molecule has 0 unspecified atom stereocenters. The Balaban J connectivity index is 1.98. The SMILES string of the molecule is CCSCCCN1CCC(CO)CC1. The third-order valence-electron chi connectivity index (χ3n) is 2.93. The highest BCUT2D eigenvalue weighted by Crippen LogP contribution is 2.16. The third kappa shape index (κ3) is 4.67. The van der Waals surface area contributed by atoms with E-state index in [1.807, 2.05) is 11.8 Å². The van der Waals surface area contributed by atoms with E-state index in [4.69, 9.17) is 5.11 Å². The maximum atomic E-state index is 9.00. The summed E-state index contributed by atoms with van der Waals surface area (Å²) in [5, 5.41) is 9.00. The molecule has 0 amide bonds. The number of nitrogens with zero attached hydrogens (tertiary/aromatic N) is 1. The van der Waals surface area contributed by atoms with Gasteiger partial charge in [-0.25, -0.2) is 0 Å². The van der Waals surface area contributed by atoms with Crippen LogP contribution in [0.5, 0.6) is 0 Å². The lowest BCUT2D eigenvalue weighted by Crippen LogP contribution is -2.35. The molecule has 3 heteroatoms. The van der Waals surface area contributed by atoms with Crippen LogP contribution in [-0.2, 0) is 0 Å². The van der Waals surface area contributed by atoms with Crippen LogP contribution < -0.4 is 0 Å². The highest BCUT2D eigenvalue weighted by atomic mass is 32.2. The van der Waals surface area contributed by atoms with Gasteiger partial charge in [0.05, 0.1) is 0 Å². The van der Waals surface area contributed by atoms with Crippen LogP contribution in [0.4, 0.5) is 0 Å². The van der Waals surface area contributed by atoms with Crippen LogP contribution in [-0.4, -0.2) is 47.8 Å². The highest BCUT2D eigenvalue weighted by Gasteiger charge is 2.17. The Bertz CT molecular complexity index is 135. The van der Waals surface area contributed by atoms with Crippen LogP contribution in [0.3, 0.4) is 0 Å². The zero-order chi connectivity index (χ0) is 10.2. The molecule has 1 aliphatic rings. The topological polar surface area (TPSA) is 23.5 Å². The van der Waals surface area contributed by atoms with Gasteiger partial charge in [0.1, 0.15) is 0 Å². The Morgan fingerprint density at radius 2 is 2.07 bits per heavy atom. The van der Waals surface area contributed by atoms with Gasteiger partial charge in [-0.05, 0) is 56.3 Å². The summed E-state index contributed by atoms with van der Waals surface area (Å²) in [5.41, 5.74) is 0. The molecule has 0 radical (unpaired) electrons. The molecular weight excluding hydrogens is 194 g/mol. The minimum Gasteiger partial charge on any atom is -0.396 e. The Morgan fingerprint density at radius 3 is 2.64 bits per heavy atom. The lowest BCUT2D eigenvalue weighted by Gasteiger charge is -2.30. The van der Waals surface area contributed by atoms with E-state index in [2.05, 4.69) is 11.8 Å². The monoisotopic (exact) mass is 217 g/mol. The van der Waals surface area contributed by atoms with Crippen molar-refractivity contribution in [3.8, 4) is 0 Å². The predicted octanol–water partition coefficient (Wildman–Crippen LogP) is 1.83. The number of piperidine rings is 1. The second-order valence-corrected chi connectivity index (χ2v) is 5.41. The molecule has 1 heterocycles. The zero-order valence-corrected chi connectivity index (χ0v) is 10.1. The van der Waals surface area contributed by atoms with Crippen LogP contribution in [0, 0.1) is 5.92 Å². The zero-order valence-electron chi connectivity index (χ0n) is 9.24. The van der Waals surface area contributed by atoms with E-state index >= 15 is 0 Å². The summed E-state index contributed by atoms with van der Waals surface area (Å²) in [5.74, 6) is 3.12. The Morgan fingerprint density at radius 1 is 1.36 bits per heavy atom. The minimum absolute atomic E-state index is 0.388. The van der Waals surface area contributed by atoms with Crippen molar-refractivity contribution < 1.29 is 5.11 Å². The standard InChI is InChI=1S/C11H23NOS/c1-2-14-9-3-6-12-7-4-11(10-13)5-8-12/h11,13H,2-10H2,1H3. The number of thioether (sulfide) groups is 1.